The third kappa shape index (κ3) is 10.4. The number of carboxylic acid groups (broad SMARTS) is 3. The molecule has 3 atom stereocenters. The molecule has 0 spiro atoms. The highest BCUT2D eigenvalue weighted by atomic mass is 16.4. The van der Waals surface area contributed by atoms with E-state index in [4.69, 9.17) is 21.1 Å². The molecule has 0 heterocycles. The van der Waals surface area contributed by atoms with Crippen LogP contribution < -0.4 is 21.7 Å². The number of benzene rings is 1. The molecule has 1 aromatic rings. The lowest BCUT2D eigenvalue weighted by molar-refractivity contribution is -0.142. The minimum atomic E-state index is -1.66. The third-order valence-corrected chi connectivity index (χ3v) is 4.43. The first-order valence-electron chi connectivity index (χ1n) is 9.96. The number of hydrogen-bond acceptors (Lipinski definition) is 8. The highest BCUT2D eigenvalue weighted by molar-refractivity contribution is 5.95. The highest BCUT2D eigenvalue weighted by Gasteiger charge is 2.30. The van der Waals surface area contributed by atoms with Gasteiger partial charge >= 0.3 is 17.9 Å². The van der Waals surface area contributed by atoms with E-state index in [0.717, 1.165) is 0 Å². The number of carbonyl (C=O) groups excluding carboxylic acids is 3. The average Bonchev–Trinajstić information content (AvgIpc) is 2.75. The summed E-state index contributed by atoms with van der Waals surface area (Å²) in [6.07, 6.45) is -1.84. The summed E-state index contributed by atoms with van der Waals surface area (Å²) in [6, 6.07) is 1.47. The van der Waals surface area contributed by atoms with E-state index in [-0.39, 0.29) is 12.2 Å². The van der Waals surface area contributed by atoms with Gasteiger partial charge < -0.3 is 42.1 Å². The Kier molecular flexibility index (Phi) is 10.9. The normalized spacial score (nSPS) is 13.1. The molecule has 3 unspecified atom stereocenters. The molecule has 3 amide bonds. The van der Waals surface area contributed by atoms with E-state index >= 15 is 0 Å². The number of hydrogen-bond donors (Lipinski definition) is 8. The molecule has 9 N–H and O–H groups in total. The van der Waals surface area contributed by atoms with Crippen LogP contribution in [-0.4, -0.2) is 80.7 Å². The number of phenols is 1. The van der Waals surface area contributed by atoms with Gasteiger partial charge in [0.05, 0.1) is 12.5 Å². The summed E-state index contributed by atoms with van der Waals surface area (Å²) in [7, 11) is 0. The van der Waals surface area contributed by atoms with Crippen LogP contribution in [-0.2, 0) is 35.2 Å². The van der Waals surface area contributed by atoms with Crippen molar-refractivity contribution in [2.45, 2.75) is 43.8 Å². The molecule has 0 radical (unpaired) electrons. The summed E-state index contributed by atoms with van der Waals surface area (Å²) in [5.74, 6) is -7.09. The molecule has 1 rings (SSSR count). The van der Waals surface area contributed by atoms with Crippen LogP contribution in [0.25, 0.3) is 0 Å². The molecule has 0 aromatic heterocycles. The fourth-order valence-electron chi connectivity index (χ4n) is 2.74. The molecule has 0 aliphatic heterocycles. The summed E-state index contributed by atoms with van der Waals surface area (Å²) < 4.78 is 0. The smallest absolute Gasteiger partial charge is 0.322 e. The minimum absolute atomic E-state index is 0.00445. The summed E-state index contributed by atoms with van der Waals surface area (Å²) in [5.41, 5.74) is 6.41. The zero-order valence-electron chi connectivity index (χ0n) is 17.9. The molecular formula is C20H26N4O10. The molecule has 0 fully saturated rings. The summed E-state index contributed by atoms with van der Waals surface area (Å²) in [6.45, 7) is -0.792. The zero-order chi connectivity index (χ0) is 25.8. The number of rotatable bonds is 14. The number of nitrogens with one attached hydrogen (secondary N) is 3. The molecule has 34 heavy (non-hydrogen) atoms. The standard InChI is InChI=1S/C20H26N4O10/c21-12(7-10-1-3-11(25)4-2-10)18(32)24-14(8-16(28)29)20(34)23-13(5-6-15(26)27)19(33)22-9-17(30)31/h1-4,12-14,25H,5-9,21H2,(H,22,33)(H,23,34)(H,24,32)(H,26,27)(H,28,29)(H,30,31). The van der Waals surface area contributed by atoms with E-state index in [1.807, 2.05) is 5.32 Å². The van der Waals surface area contributed by atoms with E-state index in [1.165, 1.54) is 24.3 Å². The van der Waals surface area contributed by atoms with Crippen LogP contribution in [0.15, 0.2) is 24.3 Å². The quantitative estimate of drug-likeness (QED) is 0.141. The maximum absolute atomic E-state index is 12.6. The van der Waals surface area contributed by atoms with Gasteiger partial charge in [-0.05, 0) is 30.5 Å². The van der Waals surface area contributed by atoms with Gasteiger partial charge in [0, 0.05) is 6.42 Å². The number of aromatic hydroxyl groups is 1. The molecule has 186 valence electrons. The SMILES string of the molecule is NC(Cc1ccc(O)cc1)C(=O)NC(CC(=O)O)C(=O)NC(CCC(=O)O)C(=O)NCC(=O)O. The molecule has 0 saturated carbocycles. The lowest BCUT2D eigenvalue weighted by Crippen LogP contribution is -2.56. The second kappa shape index (κ2) is 13.4. The Bertz CT molecular complexity index is 918. The number of nitrogens with two attached hydrogens (primary N) is 1. The van der Waals surface area contributed by atoms with Crippen LogP contribution in [0.2, 0.25) is 0 Å². The molecule has 0 aliphatic rings. The molecule has 0 saturated heterocycles. The second-order valence-corrected chi connectivity index (χ2v) is 7.24. The van der Waals surface area contributed by atoms with Crippen molar-refractivity contribution in [3.8, 4) is 5.75 Å². The Balaban J connectivity index is 2.90. The van der Waals surface area contributed by atoms with Crippen LogP contribution in [0.4, 0.5) is 0 Å². The van der Waals surface area contributed by atoms with E-state index in [0.29, 0.717) is 5.56 Å². The van der Waals surface area contributed by atoms with Crippen LogP contribution in [0, 0.1) is 0 Å². The Morgan fingerprint density at radius 3 is 1.91 bits per heavy atom. The predicted molar refractivity (Wildman–Crippen MR) is 113 cm³/mol. The maximum Gasteiger partial charge on any atom is 0.322 e. The van der Waals surface area contributed by atoms with Crippen molar-refractivity contribution in [3.05, 3.63) is 29.8 Å². The van der Waals surface area contributed by atoms with Crippen molar-refractivity contribution in [3.63, 3.8) is 0 Å². The van der Waals surface area contributed by atoms with E-state index in [1.54, 1.807) is 0 Å². The van der Waals surface area contributed by atoms with Gasteiger partial charge in [-0.3, -0.25) is 28.8 Å². The van der Waals surface area contributed by atoms with Gasteiger partial charge in [0.25, 0.3) is 0 Å². The number of phenolic OH excluding ortho intramolecular Hbond substituents is 1. The molecule has 14 heteroatoms. The number of carboxylic acids is 3. The van der Waals surface area contributed by atoms with Gasteiger partial charge in [-0.2, -0.15) is 0 Å². The van der Waals surface area contributed by atoms with Crippen LogP contribution in [0.3, 0.4) is 0 Å². The zero-order valence-corrected chi connectivity index (χ0v) is 17.9. The van der Waals surface area contributed by atoms with Crippen LogP contribution >= 0.6 is 0 Å². The summed E-state index contributed by atoms with van der Waals surface area (Å²) in [4.78, 5) is 69.9. The monoisotopic (exact) mass is 482 g/mol. The maximum atomic E-state index is 12.6. The van der Waals surface area contributed by atoms with Gasteiger partial charge in [-0.25, -0.2) is 0 Å². The van der Waals surface area contributed by atoms with Crippen molar-refractivity contribution in [1.29, 1.82) is 0 Å². The average molecular weight is 482 g/mol. The van der Waals surface area contributed by atoms with Gasteiger partial charge in [0.1, 0.15) is 24.4 Å². The van der Waals surface area contributed by atoms with Gasteiger partial charge in [0.15, 0.2) is 0 Å². The molecule has 1 aromatic carbocycles. The Labute approximate surface area is 193 Å². The van der Waals surface area contributed by atoms with Crippen molar-refractivity contribution < 1.29 is 49.2 Å². The number of amides is 3. The fraction of sp³-hybridized carbons (Fsp3) is 0.400. The fourth-order valence-corrected chi connectivity index (χ4v) is 2.74. The van der Waals surface area contributed by atoms with Gasteiger partial charge in [-0.1, -0.05) is 12.1 Å². The van der Waals surface area contributed by atoms with Crippen molar-refractivity contribution in [1.82, 2.24) is 16.0 Å². The first-order valence-corrected chi connectivity index (χ1v) is 9.96. The predicted octanol–water partition coefficient (Wildman–Crippen LogP) is -2.23. The summed E-state index contributed by atoms with van der Waals surface area (Å²) in [5, 5.41) is 42.2. The number of aliphatic carboxylic acids is 3. The lowest BCUT2D eigenvalue weighted by Gasteiger charge is -2.23. The minimum Gasteiger partial charge on any atom is -0.508 e. The van der Waals surface area contributed by atoms with Crippen LogP contribution in [0.5, 0.6) is 5.75 Å². The van der Waals surface area contributed by atoms with Gasteiger partial charge in [-0.15, -0.1) is 0 Å². The van der Waals surface area contributed by atoms with E-state index in [2.05, 4.69) is 10.6 Å². The highest BCUT2D eigenvalue weighted by Crippen LogP contribution is 2.11. The summed E-state index contributed by atoms with van der Waals surface area (Å²) >= 11 is 0. The van der Waals surface area contributed by atoms with Crippen LogP contribution in [0.1, 0.15) is 24.8 Å². The first-order chi connectivity index (χ1) is 15.9. The van der Waals surface area contributed by atoms with E-state index in [9.17, 15) is 33.9 Å². The molecule has 14 nitrogen and oxygen atoms in total. The molecule has 0 aliphatic carbocycles. The number of carbonyl (C=O) groups is 6. The van der Waals surface area contributed by atoms with Crippen molar-refractivity contribution in [2.75, 3.05) is 6.54 Å². The Morgan fingerprint density at radius 1 is 0.794 bits per heavy atom. The molecule has 0 bridgehead atoms. The van der Waals surface area contributed by atoms with Gasteiger partial charge in [0.2, 0.25) is 17.7 Å². The Morgan fingerprint density at radius 2 is 1.38 bits per heavy atom. The molecular weight excluding hydrogens is 456 g/mol. The largest absolute Gasteiger partial charge is 0.508 e. The third-order valence-electron chi connectivity index (χ3n) is 4.43. The Hall–Kier alpha value is -4.20. The first kappa shape index (κ1) is 27.8. The lowest BCUT2D eigenvalue weighted by atomic mass is 10.0. The van der Waals surface area contributed by atoms with E-state index < -0.39 is 79.6 Å². The second-order valence-electron chi connectivity index (χ2n) is 7.24. The van der Waals surface area contributed by atoms with Crippen molar-refractivity contribution in [2.24, 2.45) is 5.73 Å². The van der Waals surface area contributed by atoms with Crippen molar-refractivity contribution >= 4 is 35.6 Å². The topological polar surface area (TPSA) is 245 Å².